The molecule has 0 heterocycles. The molecule has 0 amide bonds. The summed E-state index contributed by atoms with van der Waals surface area (Å²) < 4.78 is 26.6. The summed E-state index contributed by atoms with van der Waals surface area (Å²) in [6.45, 7) is 0. The molecule has 0 aromatic carbocycles. The van der Waals surface area contributed by atoms with E-state index in [1.165, 1.54) is 0 Å². The monoisotopic (exact) mass is 546 g/mol. The zero-order valence-electron chi connectivity index (χ0n) is 6.59. The molecule has 0 aliphatic rings. The summed E-state index contributed by atoms with van der Waals surface area (Å²) in [6.07, 6.45) is 0. The molecule has 21 heavy (non-hydrogen) atoms. The van der Waals surface area contributed by atoms with E-state index in [0.29, 0.717) is 0 Å². The first-order valence-electron chi connectivity index (χ1n) is 2.35. The SMILES string of the molecule is O=P(O)(O)O.O=P(O)(O)O.O=P(O)(O)O.[CaH2].[CaH2].[CaH2].[CaH2].[CaH2].[CaH2]. The molecule has 0 unspecified atom stereocenters. The van der Waals surface area contributed by atoms with Gasteiger partial charge < -0.3 is 44.0 Å². The Morgan fingerprint density at radius 1 is 0.333 bits per heavy atom. The predicted octanol–water partition coefficient (Wildman–Crippen LogP) is -8.28. The van der Waals surface area contributed by atoms with Crippen molar-refractivity contribution in [3.05, 3.63) is 0 Å². The van der Waals surface area contributed by atoms with Gasteiger partial charge in [0.05, 0.1) is 0 Å². The maximum atomic E-state index is 8.88. The van der Waals surface area contributed by atoms with Crippen molar-refractivity contribution in [2.75, 3.05) is 0 Å². The third-order valence-electron chi connectivity index (χ3n) is 0. The van der Waals surface area contributed by atoms with Crippen molar-refractivity contribution in [3.8, 4) is 0 Å². The molecular formula is H21Ca6O12P3. The van der Waals surface area contributed by atoms with Crippen LogP contribution in [0.5, 0.6) is 0 Å². The first kappa shape index (κ1) is 56.8. The zero-order valence-corrected chi connectivity index (χ0v) is 9.27. The van der Waals surface area contributed by atoms with Gasteiger partial charge in [0.2, 0.25) is 0 Å². The molecular weight excluding hydrogens is 525 g/mol. The van der Waals surface area contributed by atoms with E-state index in [1.807, 2.05) is 0 Å². The van der Waals surface area contributed by atoms with Crippen molar-refractivity contribution in [3.63, 3.8) is 0 Å². The molecule has 0 aliphatic carbocycles. The Bertz CT molecular complexity index is 215. The summed E-state index contributed by atoms with van der Waals surface area (Å²) in [4.78, 5) is 64.7. The quantitative estimate of drug-likeness (QED) is 0.102. The summed E-state index contributed by atoms with van der Waals surface area (Å²) >= 11 is 0. The number of hydrogen-bond donors (Lipinski definition) is 9. The molecule has 0 rings (SSSR count). The third kappa shape index (κ3) is 300. The molecule has 0 aromatic rings. The Labute approximate surface area is 299 Å². The topological polar surface area (TPSA) is 233 Å². The van der Waals surface area contributed by atoms with Gasteiger partial charge in [-0.3, -0.25) is 0 Å². The van der Waals surface area contributed by atoms with E-state index in [-0.39, 0.29) is 226 Å². The van der Waals surface area contributed by atoms with Crippen LogP contribution in [0.25, 0.3) is 0 Å². The van der Waals surface area contributed by atoms with Gasteiger partial charge in [0.1, 0.15) is 0 Å². The van der Waals surface area contributed by atoms with Crippen LogP contribution in [0.15, 0.2) is 0 Å². The Kier molecular flexibility index (Phi) is 81.4. The first-order valence-corrected chi connectivity index (χ1v) is 7.04. The van der Waals surface area contributed by atoms with E-state index in [1.54, 1.807) is 0 Å². The molecule has 12 nitrogen and oxygen atoms in total. The molecule has 0 aromatic heterocycles. The van der Waals surface area contributed by atoms with E-state index >= 15 is 0 Å². The molecule has 0 bridgehead atoms. The second kappa shape index (κ2) is 30.1. The third-order valence-corrected chi connectivity index (χ3v) is 0. The van der Waals surface area contributed by atoms with E-state index in [2.05, 4.69) is 0 Å². The van der Waals surface area contributed by atoms with Gasteiger partial charge >= 0.3 is 250 Å². The minimum atomic E-state index is -4.64. The van der Waals surface area contributed by atoms with Crippen molar-refractivity contribution < 1.29 is 57.7 Å². The van der Waals surface area contributed by atoms with Gasteiger partial charge in [0.25, 0.3) is 0 Å². The molecule has 120 valence electrons. The molecule has 9 N–H and O–H groups in total. The van der Waals surface area contributed by atoms with Crippen LogP contribution in [-0.4, -0.2) is 270 Å². The van der Waals surface area contributed by atoms with E-state index in [0.717, 1.165) is 0 Å². The Balaban J connectivity index is -0.0000000129. The van der Waals surface area contributed by atoms with Crippen LogP contribution in [-0.2, 0) is 13.7 Å². The fourth-order valence-corrected chi connectivity index (χ4v) is 0. The van der Waals surface area contributed by atoms with Gasteiger partial charge in [0, 0.05) is 0 Å². The maximum absolute atomic E-state index is 8.88. The van der Waals surface area contributed by atoms with Crippen molar-refractivity contribution >= 4 is 250 Å². The van der Waals surface area contributed by atoms with Crippen LogP contribution in [0, 0.1) is 0 Å². The van der Waals surface area contributed by atoms with E-state index in [4.69, 9.17) is 57.7 Å². The fraction of sp³-hybridized carbons (Fsp3) is 0. The predicted molar refractivity (Wildman–Crippen MR) is 94.1 cm³/mol. The van der Waals surface area contributed by atoms with E-state index < -0.39 is 23.5 Å². The fourth-order valence-electron chi connectivity index (χ4n) is 0. The normalized spacial score (nSPS) is 8.43. The van der Waals surface area contributed by atoms with Crippen molar-refractivity contribution in [2.24, 2.45) is 0 Å². The summed E-state index contributed by atoms with van der Waals surface area (Å²) in [5, 5.41) is 0. The van der Waals surface area contributed by atoms with Crippen LogP contribution in [0.1, 0.15) is 0 Å². The van der Waals surface area contributed by atoms with Gasteiger partial charge in [-0.15, -0.1) is 0 Å². The second-order valence-corrected chi connectivity index (χ2v) is 4.62. The van der Waals surface area contributed by atoms with Gasteiger partial charge in [0.15, 0.2) is 0 Å². The molecule has 21 heteroatoms. The van der Waals surface area contributed by atoms with Crippen LogP contribution in [0.2, 0.25) is 0 Å². The Morgan fingerprint density at radius 2 is 0.333 bits per heavy atom. The number of hydrogen-bond acceptors (Lipinski definition) is 3. The van der Waals surface area contributed by atoms with Crippen molar-refractivity contribution in [2.45, 2.75) is 0 Å². The van der Waals surface area contributed by atoms with E-state index in [9.17, 15) is 0 Å². The molecule has 0 saturated carbocycles. The number of phosphoric acid groups is 3. The van der Waals surface area contributed by atoms with Crippen LogP contribution < -0.4 is 0 Å². The van der Waals surface area contributed by atoms with Gasteiger partial charge in [-0.25, -0.2) is 13.7 Å². The molecule has 0 spiro atoms. The molecule has 0 atom stereocenters. The summed E-state index contributed by atoms with van der Waals surface area (Å²) in [7, 11) is -13.9. The van der Waals surface area contributed by atoms with Crippen LogP contribution in [0.4, 0.5) is 0 Å². The average molecular weight is 547 g/mol. The standard InChI is InChI=1S/6Ca.3H3O4P.12H/c;;;;;;3*1-5(2,3)4;;;;;;;;;;;;/h;;;;;;3*(H3,1,2,3,4);;;;;;;;;;;;. The summed E-state index contributed by atoms with van der Waals surface area (Å²) in [6, 6.07) is 0. The zero-order chi connectivity index (χ0) is 13.5. The number of rotatable bonds is 0. The van der Waals surface area contributed by atoms with Gasteiger partial charge in [-0.05, 0) is 0 Å². The molecule has 0 aliphatic heterocycles. The summed E-state index contributed by atoms with van der Waals surface area (Å²) in [5.74, 6) is 0. The van der Waals surface area contributed by atoms with Crippen LogP contribution in [0.3, 0.4) is 0 Å². The minimum absolute atomic E-state index is 0. The molecule has 0 fully saturated rings. The summed E-state index contributed by atoms with van der Waals surface area (Å²) in [5.41, 5.74) is 0. The van der Waals surface area contributed by atoms with Crippen molar-refractivity contribution in [1.82, 2.24) is 0 Å². The van der Waals surface area contributed by atoms with Crippen LogP contribution >= 0.6 is 23.5 Å². The second-order valence-electron chi connectivity index (χ2n) is 1.54. The Hall–Kier alpha value is 7.89. The Morgan fingerprint density at radius 3 is 0.333 bits per heavy atom. The molecule has 0 saturated heterocycles. The first-order chi connectivity index (χ1) is 6.00. The average Bonchev–Trinajstić information content (AvgIpc) is 1.41. The van der Waals surface area contributed by atoms with Gasteiger partial charge in [-0.1, -0.05) is 0 Å². The van der Waals surface area contributed by atoms with Crippen molar-refractivity contribution in [1.29, 1.82) is 0 Å². The van der Waals surface area contributed by atoms with Gasteiger partial charge in [-0.2, -0.15) is 0 Å². The molecule has 0 radical (unpaired) electrons.